The van der Waals surface area contributed by atoms with Gasteiger partial charge >= 0.3 is 11.9 Å². The molecule has 2 atom stereocenters. The Morgan fingerprint density at radius 2 is 0.538 bits per heavy atom. The molecule has 616 valence electrons. The Morgan fingerprint density at radius 3 is 0.802 bits per heavy atom. The van der Waals surface area contributed by atoms with Crippen LogP contribution in [0.1, 0.15) is 438 Å². The van der Waals surface area contributed by atoms with Gasteiger partial charge in [-0.25, -0.2) is 0 Å². The lowest BCUT2D eigenvalue weighted by molar-refractivity contribution is -0.870. The first kappa shape index (κ1) is 103. The molecule has 0 rings (SSSR count). The monoisotopic (exact) mass is 1500 g/mol. The average molecular weight is 1500 g/mol. The molecule has 0 aromatic carbocycles. The highest BCUT2D eigenvalue weighted by Crippen LogP contribution is 2.38. The van der Waals surface area contributed by atoms with Gasteiger partial charge in [-0.15, -0.1) is 0 Å². The molecule has 106 heavy (non-hydrogen) atoms. The third-order valence-corrected chi connectivity index (χ3v) is 21.3. The van der Waals surface area contributed by atoms with Gasteiger partial charge in [0.15, 0.2) is 6.10 Å². The number of phosphoric acid groups is 1. The first-order valence-corrected chi connectivity index (χ1v) is 47.1. The number of phosphoric ester groups is 1. The number of likely N-dealkylation sites (N-methyl/N-ethyl adjacent to an activating group) is 1. The van der Waals surface area contributed by atoms with Crippen molar-refractivity contribution in [1.29, 1.82) is 0 Å². The van der Waals surface area contributed by atoms with Crippen LogP contribution < -0.4 is 4.89 Å². The number of allylic oxidation sites excluding steroid dienone is 18. The van der Waals surface area contributed by atoms with E-state index in [2.05, 4.69) is 123 Å². The number of rotatable bonds is 85. The van der Waals surface area contributed by atoms with Crippen molar-refractivity contribution in [2.75, 3.05) is 47.5 Å². The van der Waals surface area contributed by atoms with E-state index in [9.17, 15) is 19.0 Å². The second-order valence-corrected chi connectivity index (χ2v) is 33.4. The van der Waals surface area contributed by atoms with E-state index in [0.29, 0.717) is 17.4 Å². The average Bonchev–Trinajstić information content (AvgIpc) is 0.908. The van der Waals surface area contributed by atoms with Gasteiger partial charge in [0.05, 0.1) is 27.7 Å². The summed E-state index contributed by atoms with van der Waals surface area (Å²) in [7, 11) is 1.18. The van der Waals surface area contributed by atoms with Crippen molar-refractivity contribution in [1.82, 2.24) is 0 Å². The fraction of sp³-hybridized carbons (Fsp3) is 0.792. The largest absolute Gasteiger partial charge is 0.756 e. The van der Waals surface area contributed by atoms with Crippen LogP contribution in [0.5, 0.6) is 0 Å². The van der Waals surface area contributed by atoms with Gasteiger partial charge in [0.2, 0.25) is 0 Å². The molecule has 0 aliphatic carbocycles. The molecule has 0 aliphatic heterocycles. The Labute approximate surface area is 658 Å². The van der Waals surface area contributed by atoms with Crippen molar-refractivity contribution in [3.63, 3.8) is 0 Å². The number of quaternary nitrogens is 1. The third kappa shape index (κ3) is 89.6. The lowest BCUT2D eigenvalue weighted by Crippen LogP contribution is -2.37. The summed E-state index contributed by atoms with van der Waals surface area (Å²) in [5, 5.41) is 0. The smallest absolute Gasteiger partial charge is 0.306 e. The quantitative estimate of drug-likeness (QED) is 0.0195. The van der Waals surface area contributed by atoms with Crippen LogP contribution in [0.3, 0.4) is 0 Å². The van der Waals surface area contributed by atoms with E-state index in [1.165, 1.54) is 308 Å². The van der Waals surface area contributed by atoms with Crippen LogP contribution in [-0.2, 0) is 32.7 Å². The van der Waals surface area contributed by atoms with Crippen LogP contribution in [0, 0.1) is 0 Å². The maximum atomic E-state index is 12.9. The number of ether oxygens (including phenoxy) is 2. The van der Waals surface area contributed by atoms with Crippen molar-refractivity contribution < 1.29 is 42.1 Å². The third-order valence-electron chi connectivity index (χ3n) is 20.3. The molecule has 0 bridgehead atoms. The molecule has 0 aromatic rings. The Kier molecular flexibility index (Phi) is 83.0. The van der Waals surface area contributed by atoms with Gasteiger partial charge in [0, 0.05) is 12.8 Å². The summed E-state index contributed by atoms with van der Waals surface area (Å²) in [6.07, 6.45) is 123. The minimum Gasteiger partial charge on any atom is -0.756 e. The van der Waals surface area contributed by atoms with Crippen molar-refractivity contribution in [2.45, 2.75) is 444 Å². The zero-order valence-electron chi connectivity index (χ0n) is 70.6. The minimum absolute atomic E-state index is 0.0323. The predicted molar refractivity (Wildman–Crippen MR) is 462 cm³/mol. The van der Waals surface area contributed by atoms with Gasteiger partial charge < -0.3 is 27.9 Å². The molecule has 0 spiro atoms. The topological polar surface area (TPSA) is 111 Å². The van der Waals surface area contributed by atoms with E-state index in [4.69, 9.17) is 18.5 Å². The van der Waals surface area contributed by atoms with Crippen LogP contribution in [0.15, 0.2) is 109 Å². The van der Waals surface area contributed by atoms with E-state index in [1.807, 2.05) is 21.1 Å². The van der Waals surface area contributed by atoms with Gasteiger partial charge in [-0.05, 0) is 83.5 Å². The Morgan fingerprint density at radius 1 is 0.302 bits per heavy atom. The van der Waals surface area contributed by atoms with Crippen molar-refractivity contribution in [3.05, 3.63) is 109 Å². The number of esters is 2. The molecular formula is C96H174NO8P. The molecular weight excluding hydrogens is 1330 g/mol. The van der Waals surface area contributed by atoms with Gasteiger partial charge in [-0.1, -0.05) is 451 Å². The van der Waals surface area contributed by atoms with Gasteiger partial charge in [-0.3, -0.25) is 14.2 Å². The summed E-state index contributed by atoms with van der Waals surface area (Å²) in [5.41, 5.74) is 0. The highest BCUT2D eigenvalue weighted by molar-refractivity contribution is 7.45. The highest BCUT2D eigenvalue weighted by atomic mass is 31.2. The molecule has 0 fully saturated rings. The Balaban J connectivity index is 3.90. The maximum Gasteiger partial charge on any atom is 0.306 e. The van der Waals surface area contributed by atoms with E-state index in [0.717, 1.165) is 96.3 Å². The summed E-state index contributed by atoms with van der Waals surface area (Å²) in [4.78, 5) is 38.3. The molecule has 0 aromatic heterocycles. The second kappa shape index (κ2) is 85.7. The molecule has 10 heteroatoms. The second-order valence-electron chi connectivity index (χ2n) is 31.9. The molecule has 0 N–H and O–H groups in total. The standard InChI is InChI=1S/C96H174NO8P/c1-6-8-10-12-14-16-18-20-22-24-26-28-30-32-34-36-38-40-42-44-46-48-50-52-54-56-58-60-62-64-66-68-70-72-74-76-78-80-82-84-86-88-95(98)102-92-94(93-104-106(100,101)103-91-90-97(3,4)5)105-96(99)89-87-85-83-81-79-77-75-73-71-69-67-65-63-61-59-57-55-53-51-49-47-45-43-41-39-37-35-33-31-29-27-25-23-21-19-17-15-13-11-9-7-2/h9,11,15,17,21,23,27,29,33,35,39,41,45,47,51,53,57,59,94H,6-8,10,12-14,16,18-20,22,24-26,28,30-32,34,36-38,40,42-44,46,48-50,52,54-56,58,60-93H2,1-5H3/b11-9-,17-15-,23-21-,29-27-,35-33-,41-39-,47-45-,53-51-,59-57-. The number of nitrogens with zero attached hydrogens (tertiary/aromatic N) is 1. The van der Waals surface area contributed by atoms with E-state index < -0.39 is 26.5 Å². The molecule has 0 heterocycles. The molecule has 0 amide bonds. The zero-order chi connectivity index (χ0) is 76.8. The first-order chi connectivity index (χ1) is 52.0. The number of hydrogen-bond acceptors (Lipinski definition) is 8. The molecule has 9 nitrogen and oxygen atoms in total. The summed E-state index contributed by atoms with van der Waals surface area (Å²) >= 11 is 0. The van der Waals surface area contributed by atoms with Gasteiger partial charge in [0.25, 0.3) is 7.82 Å². The molecule has 2 unspecified atom stereocenters. The normalized spacial score (nSPS) is 13.5. The number of carbonyl (C=O) groups excluding carboxylic acids is 2. The molecule has 0 saturated heterocycles. The number of carbonyl (C=O) groups is 2. The summed E-state index contributed by atoms with van der Waals surface area (Å²) in [6, 6.07) is 0. The fourth-order valence-electron chi connectivity index (χ4n) is 13.4. The van der Waals surface area contributed by atoms with E-state index in [1.54, 1.807) is 0 Å². The van der Waals surface area contributed by atoms with Gasteiger partial charge in [-0.2, -0.15) is 0 Å². The predicted octanol–water partition coefficient (Wildman–Crippen LogP) is 30.4. The minimum atomic E-state index is -4.65. The van der Waals surface area contributed by atoms with Gasteiger partial charge in [0.1, 0.15) is 19.8 Å². The van der Waals surface area contributed by atoms with E-state index in [-0.39, 0.29) is 32.0 Å². The number of unbranched alkanes of at least 4 members (excludes halogenated alkanes) is 53. The van der Waals surface area contributed by atoms with Crippen LogP contribution >= 0.6 is 7.82 Å². The van der Waals surface area contributed by atoms with Crippen molar-refractivity contribution in [3.8, 4) is 0 Å². The van der Waals surface area contributed by atoms with Crippen molar-refractivity contribution >= 4 is 19.8 Å². The lowest BCUT2D eigenvalue weighted by atomic mass is 10.0. The van der Waals surface area contributed by atoms with Crippen LogP contribution in [0.4, 0.5) is 0 Å². The summed E-state index contributed by atoms with van der Waals surface area (Å²) in [6.45, 7) is 4.19. The Bertz CT molecular complexity index is 2170. The van der Waals surface area contributed by atoms with Crippen molar-refractivity contribution in [2.24, 2.45) is 0 Å². The lowest BCUT2D eigenvalue weighted by Gasteiger charge is -2.28. The first-order valence-electron chi connectivity index (χ1n) is 45.6. The van der Waals surface area contributed by atoms with Crippen LogP contribution in [-0.4, -0.2) is 70.0 Å². The molecule has 0 aliphatic rings. The Hall–Kier alpha value is -3.33. The summed E-state index contributed by atoms with van der Waals surface area (Å²) in [5.74, 6) is -0.818. The molecule has 0 radical (unpaired) electrons. The van der Waals surface area contributed by atoms with Crippen LogP contribution in [0.2, 0.25) is 0 Å². The number of hydrogen-bond donors (Lipinski definition) is 0. The van der Waals surface area contributed by atoms with Crippen LogP contribution in [0.25, 0.3) is 0 Å². The fourth-order valence-corrected chi connectivity index (χ4v) is 14.2. The highest BCUT2D eigenvalue weighted by Gasteiger charge is 2.22. The SMILES string of the molecule is CC/C=C\C/C=C\C/C=C\C/C=C\C/C=C\C/C=C\C/C=C\C/C=C\C/C=C\CCCCCCCCCCCCCCCC(=O)OC(COC(=O)CCCCCCCCCCCCCCCCCCCCCCCCCCCCCCCCCCCCCCCCCCC)COP(=O)([O-])OCC[N+](C)(C)C. The maximum absolute atomic E-state index is 12.9. The summed E-state index contributed by atoms with van der Waals surface area (Å²) < 4.78 is 34.5. The zero-order valence-corrected chi connectivity index (χ0v) is 71.5. The van der Waals surface area contributed by atoms with E-state index >= 15 is 0 Å². The molecule has 0 saturated carbocycles.